The summed E-state index contributed by atoms with van der Waals surface area (Å²) in [6, 6.07) is 12.1. The minimum absolute atomic E-state index is 0.381. The molecule has 1 aliphatic heterocycles. The van der Waals surface area contributed by atoms with Gasteiger partial charge in [-0.2, -0.15) is 5.26 Å². The van der Waals surface area contributed by atoms with Gasteiger partial charge in [-0.25, -0.2) is 0 Å². The first-order valence-electron chi connectivity index (χ1n) is 4.53. The molecule has 70 valence electrons. The zero-order chi connectivity index (χ0) is 9.80. The van der Waals surface area contributed by atoms with Gasteiger partial charge in [0.25, 0.3) is 0 Å². The van der Waals surface area contributed by atoms with Crippen LogP contribution in [0.3, 0.4) is 0 Å². The fourth-order valence-corrected chi connectivity index (χ4v) is 1.43. The van der Waals surface area contributed by atoms with E-state index in [1.54, 1.807) is 0 Å². The molecule has 0 N–H and O–H groups in total. The van der Waals surface area contributed by atoms with Crippen molar-refractivity contribution >= 4 is 5.71 Å². The lowest BCUT2D eigenvalue weighted by molar-refractivity contribution is 0.125. The Morgan fingerprint density at radius 1 is 1.43 bits per heavy atom. The van der Waals surface area contributed by atoms with E-state index in [4.69, 9.17) is 10.1 Å². The van der Waals surface area contributed by atoms with Gasteiger partial charge in [-0.15, -0.1) is 0 Å². The Bertz CT molecular complexity index is 378. The Morgan fingerprint density at radius 2 is 2.21 bits per heavy atom. The highest BCUT2D eigenvalue weighted by Crippen LogP contribution is 2.13. The Labute approximate surface area is 82.6 Å². The predicted molar refractivity (Wildman–Crippen MR) is 52.7 cm³/mol. The van der Waals surface area contributed by atoms with Crippen LogP contribution in [-0.2, 0) is 11.3 Å². The first-order chi connectivity index (χ1) is 6.88. The SMILES string of the molecule is N#C[C@H]1CC(Cc2ccccc2)=NO1. The normalized spacial score (nSPS) is 19.6. The van der Waals surface area contributed by atoms with Gasteiger partial charge in [-0.3, -0.25) is 0 Å². The first kappa shape index (κ1) is 8.76. The highest BCUT2D eigenvalue weighted by Gasteiger charge is 2.19. The van der Waals surface area contributed by atoms with Crippen molar-refractivity contribution in [3.05, 3.63) is 35.9 Å². The van der Waals surface area contributed by atoms with Crippen LogP contribution >= 0.6 is 0 Å². The summed E-state index contributed by atoms with van der Waals surface area (Å²) in [5.74, 6) is 0. The molecule has 0 aromatic heterocycles. The molecule has 3 nitrogen and oxygen atoms in total. The summed E-state index contributed by atoms with van der Waals surface area (Å²) >= 11 is 0. The summed E-state index contributed by atoms with van der Waals surface area (Å²) in [6.07, 6.45) is 1.03. The molecule has 14 heavy (non-hydrogen) atoms. The Hall–Kier alpha value is -1.82. The highest BCUT2D eigenvalue weighted by molar-refractivity contribution is 5.87. The van der Waals surface area contributed by atoms with E-state index < -0.39 is 0 Å². The third-order valence-corrected chi connectivity index (χ3v) is 2.13. The number of benzene rings is 1. The second-order valence-corrected chi connectivity index (χ2v) is 3.25. The second-order valence-electron chi connectivity index (χ2n) is 3.25. The molecule has 1 aliphatic rings. The highest BCUT2D eigenvalue weighted by atomic mass is 16.6. The molecule has 0 radical (unpaired) electrons. The molecule has 0 aliphatic carbocycles. The lowest BCUT2D eigenvalue weighted by Gasteiger charge is -1.97. The largest absolute Gasteiger partial charge is 0.377 e. The van der Waals surface area contributed by atoms with Gasteiger partial charge in [-0.1, -0.05) is 35.5 Å². The number of oxime groups is 1. The number of nitriles is 1. The van der Waals surface area contributed by atoms with E-state index in [1.165, 1.54) is 5.56 Å². The van der Waals surface area contributed by atoms with Crippen molar-refractivity contribution < 1.29 is 4.84 Å². The molecule has 0 saturated heterocycles. The second kappa shape index (κ2) is 3.93. The predicted octanol–water partition coefficient (Wildman–Crippen LogP) is 1.90. The molecule has 2 rings (SSSR count). The Kier molecular flexibility index (Phi) is 2.46. The van der Waals surface area contributed by atoms with E-state index >= 15 is 0 Å². The molecule has 1 aromatic carbocycles. The maximum Gasteiger partial charge on any atom is 0.217 e. The van der Waals surface area contributed by atoms with Crippen LogP contribution in [0.5, 0.6) is 0 Å². The van der Waals surface area contributed by atoms with Crippen LogP contribution < -0.4 is 0 Å². The van der Waals surface area contributed by atoms with Gasteiger partial charge < -0.3 is 4.84 Å². The number of hydrogen-bond donors (Lipinski definition) is 0. The van der Waals surface area contributed by atoms with Crippen LogP contribution in [0.4, 0.5) is 0 Å². The average molecular weight is 186 g/mol. The molecule has 0 saturated carbocycles. The molecule has 3 heteroatoms. The molecule has 0 amide bonds. The molecule has 0 spiro atoms. The summed E-state index contributed by atoms with van der Waals surface area (Å²) in [5.41, 5.74) is 2.15. The molecular weight excluding hydrogens is 176 g/mol. The standard InChI is InChI=1S/C11H10N2O/c12-8-11-7-10(13-14-11)6-9-4-2-1-3-5-9/h1-5,11H,6-7H2/t11-/m1/s1. The van der Waals surface area contributed by atoms with Gasteiger partial charge in [0.05, 0.1) is 5.71 Å². The maximum absolute atomic E-state index is 8.60. The van der Waals surface area contributed by atoms with Crippen LogP contribution in [0.15, 0.2) is 35.5 Å². The topological polar surface area (TPSA) is 45.4 Å². The third-order valence-electron chi connectivity index (χ3n) is 2.13. The van der Waals surface area contributed by atoms with Crippen molar-refractivity contribution in [3.63, 3.8) is 0 Å². The van der Waals surface area contributed by atoms with Crippen LogP contribution in [0.2, 0.25) is 0 Å². The summed E-state index contributed by atoms with van der Waals surface area (Å²) in [6.45, 7) is 0. The van der Waals surface area contributed by atoms with Crippen molar-refractivity contribution in [3.8, 4) is 6.07 Å². The first-order valence-corrected chi connectivity index (χ1v) is 4.53. The zero-order valence-corrected chi connectivity index (χ0v) is 7.68. The zero-order valence-electron chi connectivity index (χ0n) is 7.68. The molecule has 1 atom stereocenters. The smallest absolute Gasteiger partial charge is 0.217 e. The van der Waals surface area contributed by atoms with Crippen LogP contribution in [-0.4, -0.2) is 11.8 Å². The lowest BCUT2D eigenvalue weighted by atomic mass is 10.1. The lowest BCUT2D eigenvalue weighted by Crippen LogP contribution is -2.06. The summed E-state index contributed by atoms with van der Waals surface area (Å²) in [7, 11) is 0. The van der Waals surface area contributed by atoms with Crippen LogP contribution in [0.1, 0.15) is 12.0 Å². The molecule has 1 heterocycles. The van der Waals surface area contributed by atoms with Gasteiger partial charge in [0.2, 0.25) is 6.10 Å². The maximum atomic E-state index is 8.60. The van der Waals surface area contributed by atoms with Crippen molar-refractivity contribution in [2.75, 3.05) is 0 Å². The van der Waals surface area contributed by atoms with Gasteiger partial charge in [0.1, 0.15) is 6.07 Å². The van der Waals surface area contributed by atoms with E-state index in [1.807, 2.05) is 36.4 Å². The fraction of sp³-hybridized carbons (Fsp3) is 0.273. The third kappa shape index (κ3) is 1.91. The van der Waals surface area contributed by atoms with Crippen molar-refractivity contribution in [2.24, 2.45) is 5.16 Å². The number of nitrogens with zero attached hydrogens (tertiary/aromatic N) is 2. The summed E-state index contributed by atoms with van der Waals surface area (Å²) in [4.78, 5) is 4.91. The summed E-state index contributed by atoms with van der Waals surface area (Å²) < 4.78 is 0. The number of hydrogen-bond acceptors (Lipinski definition) is 3. The summed E-state index contributed by atoms with van der Waals surface area (Å²) in [5, 5.41) is 12.5. The van der Waals surface area contributed by atoms with Crippen LogP contribution in [0, 0.1) is 11.3 Å². The van der Waals surface area contributed by atoms with E-state index in [2.05, 4.69) is 5.16 Å². The average Bonchev–Trinajstić information content (AvgIpc) is 2.67. The minimum atomic E-state index is -0.381. The molecule has 0 unspecified atom stereocenters. The van der Waals surface area contributed by atoms with E-state index in [-0.39, 0.29) is 6.10 Å². The molecule has 0 bridgehead atoms. The molecule has 1 aromatic rings. The quantitative estimate of drug-likeness (QED) is 0.708. The van der Waals surface area contributed by atoms with Crippen molar-refractivity contribution in [1.29, 1.82) is 5.26 Å². The Balaban J connectivity index is 1.98. The van der Waals surface area contributed by atoms with Crippen molar-refractivity contribution in [2.45, 2.75) is 18.9 Å². The van der Waals surface area contributed by atoms with E-state index in [0.717, 1.165) is 12.1 Å². The van der Waals surface area contributed by atoms with Gasteiger partial charge in [0, 0.05) is 12.8 Å². The van der Waals surface area contributed by atoms with Crippen molar-refractivity contribution in [1.82, 2.24) is 0 Å². The van der Waals surface area contributed by atoms with E-state index in [9.17, 15) is 0 Å². The van der Waals surface area contributed by atoms with E-state index in [0.29, 0.717) is 6.42 Å². The molecular formula is C11H10N2O. The monoisotopic (exact) mass is 186 g/mol. The Morgan fingerprint density at radius 3 is 2.86 bits per heavy atom. The number of rotatable bonds is 2. The molecule has 0 fully saturated rings. The minimum Gasteiger partial charge on any atom is -0.377 e. The van der Waals surface area contributed by atoms with Gasteiger partial charge in [0.15, 0.2) is 0 Å². The van der Waals surface area contributed by atoms with Crippen LogP contribution in [0.25, 0.3) is 0 Å². The van der Waals surface area contributed by atoms with Gasteiger partial charge in [-0.05, 0) is 5.56 Å². The fourth-order valence-electron chi connectivity index (χ4n) is 1.43. The van der Waals surface area contributed by atoms with Gasteiger partial charge >= 0.3 is 0 Å².